The molecule has 0 aliphatic heterocycles. The lowest BCUT2D eigenvalue weighted by molar-refractivity contribution is 0.0821. The third kappa shape index (κ3) is 3.34. The van der Waals surface area contributed by atoms with Gasteiger partial charge in [0, 0.05) is 37.7 Å². The Morgan fingerprint density at radius 3 is 2.66 bits per heavy atom. The van der Waals surface area contributed by atoms with Gasteiger partial charge in [0.15, 0.2) is 0 Å². The van der Waals surface area contributed by atoms with E-state index in [0.717, 1.165) is 17.8 Å². The molecule has 29 heavy (non-hydrogen) atoms. The number of carbonyl (C=O) groups is 1. The topological polar surface area (TPSA) is 70.2 Å². The van der Waals surface area contributed by atoms with E-state index in [4.69, 9.17) is 0 Å². The van der Waals surface area contributed by atoms with Crippen molar-refractivity contribution in [2.24, 2.45) is 16.7 Å². The van der Waals surface area contributed by atoms with Gasteiger partial charge in [-0.15, -0.1) is 0 Å². The highest BCUT2D eigenvalue weighted by Gasteiger charge is 2.61. The second-order valence-electron chi connectivity index (χ2n) is 9.47. The predicted molar refractivity (Wildman–Crippen MR) is 117 cm³/mol. The van der Waals surface area contributed by atoms with Crippen molar-refractivity contribution in [2.45, 2.75) is 46.1 Å². The summed E-state index contributed by atoms with van der Waals surface area (Å²) in [6, 6.07) is 9.87. The Morgan fingerprint density at radius 1 is 1.21 bits per heavy atom. The number of fused-ring (bicyclic) bond motifs is 2. The van der Waals surface area contributed by atoms with Gasteiger partial charge in [0.25, 0.3) is 5.91 Å². The number of carbonyl (C=O) groups excluding carboxylic acids is 1. The number of rotatable bonds is 5. The lowest BCUT2D eigenvalue weighted by atomic mass is 9.69. The van der Waals surface area contributed by atoms with Gasteiger partial charge >= 0.3 is 0 Å². The van der Waals surface area contributed by atoms with E-state index in [1.165, 1.54) is 12.8 Å². The third-order valence-corrected chi connectivity index (χ3v) is 7.61. The van der Waals surface area contributed by atoms with Crippen LogP contribution in [0.25, 0.3) is 0 Å². The van der Waals surface area contributed by atoms with Gasteiger partial charge in [0.1, 0.15) is 5.69 Å². The van der Waals surface area contributed by atoms with Crippen molar-refractivity contribution in [1.29, 1.82) is 0 Å². The second kappa shape index (κ2) is 7.01. The molecule has 3 unspecified atom stereocenters. The van der Waals surface area contributed by atoms with Crippen LogP contribution in [0.2, 0.25) is 0 Å². The van der Waals surface area contributed by atoms with E-state index >= 15 is 0 Å². The minimum Gasteiger partial charge on any atom is -0.378 e. The zero-order valence-electron chi connectivity index (χ0n) is 18.0. The van der Waals surface area contributed by atoms with Crippen molar-refractivity contribution in [1.82, 2.24) is 15.3 Å². The molecule has 2 saturated carbocycles. The SMILES string of the molecule is CN(C)c1cccc(Nc2nccc(C(=O)NC3CC4CCC3(C)C4(C)C)n2)c1. The molecule has 2 aromatic rings. The van der Waals surface area contributed by atoms with Crippen molar-refractivity contribution in [3.63, 3.8) is 0 Å². The van der Waals surface area contributed by atoms with Crippen LogP contribution in [0.3, 0.4) is 0 Å². The summed E-state index contributed by atoms with van der Waals surface area (Å²) in [4.78, 5) is 23.7. The fraction of sp³-hybridized carbons (Fsp3) is 0.522. The maximum atomic E-state index is 12.9. The molecule has 2 N–H and O–H groups in total. The summed E-state index contributed by atoms with van der Waals surface area (Å²) >= 11 is 0. The molecule has 4 rings (SSSR count). The first-order valence-corrected chi connectivity index (χ1v) is 10.4. The maximum absolute atomic E-state index is 12.9. The molecule has 0 spiro atoms. The van der Waals surface area contributed by atoms with Gasteiger partial charge in [0.2, 0.25) is 5.95 Å². The maximum Gasteiger partial charge on any atom is 0.270 e. The van der Waals surface area contributed by atoms with Crippen LogP contribution in [-0.4, -0.2) is 36.0 Å². The first-order chi connectivity index (χ1) is 13.7. The van der Waals surface area contributed by atoms with E-state index in [1.807, 2.05) is 43.3 Å². The molecule has 2 bridgehead atoms. The Balaban J connectivity index is 1.48. The van der Waals surface area contributed by atoms with E-state index < -0.39 is 0 Å². The van der Waals surface area contributed by atoms with Crippen LogP contribution in [0.15, 0.2) is 36.5 Å². The van der Waals surface area contributed by atoms with Crippen LogP contribution in [0.5, 0.6) is 0 Å². The third-order valence-electron chi connectivity index (χ3n) is 7.61. The normalized spacial score (nSPS) is 26.9. The molecule has 2 aliphatic rings. The van der Waals surface area contributed by atoms with E-state index in [9.17, 15) is 4.79 Å². The first-order valence-electron chi connectivity index (χ1n) is 10.4. The zero-order chi connectivity index (χ0) is 20.8. The Labute approximate surface area is 173 Å². The van der Waals surface area contributed by atoms with E-state index in [0.29, 0.717) is 17.6 Å². The molecule has 3 atom stereocenters. The number of hydrogen-bond acceptors (Lipinski definition) is 5. The Morgan fingerprint density at radius 2 is 2.00 bits per heavy atom. The summed E-state index contributed by atoms with van der Waals surface area (Å²) < 4.78 is 0. The number of benzene rings is 1. The quantitative estimate of drug-likeness (QED) is 0.795. The fourth-order valence-corrected chi connectivity index (χ4v) is 5.19. The van der Waals surface area contributed by atoms with Crippen LogP contribution in [-0.2, 0) is 0 Å². The van der Waals surface area contributed by atoms with E-state index in [1.54, 1.807) is 12.3 Å². The van der Waals surface area contributed by atoms with Gasteiger partial charge in [-0.3, -0.25) is 4.79 Å². The Hall–Kier alpha value is -2.63. The first kappa shape index (κ1) is 19.7. The molecule has 2 fully saturated rings. The van der Waals surface area contributed by atoms with Gasteiger partial charge in [-0.2, -0.15) is 0 Å². The molecular formula is C23H31N5O. The lowest BCUT2D eigenvalue weighted by Crippen LogP contribution is -2.47. The summed E-state index contributed by atoms with van der Waals surface area (Å²) in [5, 5.41) is 6.48. The van der Waals surface area contributed by atoms with Gasteiger partial charge < -0.3 is 15.5 Å². The number of nitrogens with one attached hydrogen (secondary N) is 2. The highest BCUT2D eigenvalue weighted by molar-refractivity contribution is 5.92. The van der Waals surface area contributed by atoms with Crippen molar-refractivity contribution in [3.8, 4) is 0 Å². The Bertz CT molecular complexity index is 925. The summed E-state index contributed by atoms with van der Waals surface area (Å²) in [5.41, 5.74) is 2.78. The second-order valence-corrected chi connectivity index (χ2v) is 9.47. The molecular weight excluding hydrogens is 362 g/mol. The summed E-state index contributed by atoms with van der Waals surface area (Å²) in [5.74, 6) is 0.990. The molecule has 1 aromatic carbocycles. The number of nitrogens with zero attached hydrogens (tertiary/aromatic N) is 3. The molecule has 6 heteroatoms. The molecule has 1 aromatic heterocycles. The molecule has 1 amide bonds. The van der Waals surface area contributed by atoms with Gasteiger partial charge in [-0.25, -0.2) is 9.97 Å². The predicted octanol–water partition coefficient (Wildman–Crippen LogP) is 4.23. The van der Waals surface area contributed by atoms with Gasteiger partial charge in [-0.1, -0.05) is 26.8 Å². The molecule has 6 nitrogen and oxygen atoms in total. The molecule has 2 aliphatic carbocycles. The van der Waals surface area contributed by atoms with Crippen molar-refractivity contribution >= 4 is 23.2 Å². The van der Waals surface area contributed by atoms with E-state index in [-0.39, 0.29) is 22.8 Å². The van der Waals surface area contributed by atoms with Crippen molar-refractivity contribution in [3.05, 3.63) is 42.2 Å². The largest absolute Gasteiger partial charge is 0.378 e. The Kier molecular flexibility index (Phi) is 4.75. The zero-order valence-corrected chi connectivity index (χ0v) is 18.0. The summed E-state index contributed by atoms with van der Waals surface area (Å²) in [6.45, 7) is 7.03. The van der Waals surface area contributed by atoms with Crippen LogP contribution >= 0.6 is 0 Å². The average molecular weight is 394 g/mol. The summed E-state index contributed by atoms with van der Waals surface area (Å²) in [7, 11) is 4.00. The molecule has 154 valence electrons. The average Bonchev–Trinajstić information content (AvgIpc) is 3.02. The smallest absolute Gasteiger partial charge is 0.270 e. The van der Waals surface area contributed by atoms with Crippen LogP contribution in [0, 0.1) is 16.7 Å². The number of aromatic nitrogens is 2. The standard InChI is InChI=1S/C23H31N5O/c1-22(2)15-9-11-23(22,3)19(13-15)27-20(29)18-10-12-24-21(26-18)25-16-7-6-8-17(14-16)28(4)5/h6-8,10,12,14-15,19H,9,11,13H2,1-5H3,(H,27,29)(H,24,25,26). The number of anilines is 3. The van der Waals surface area contributed by atoms with Gasteiger partial charge in [0.05, 0.1) is 0 Å². The minimum absolute atomic E-state index is 0.118. The molecule has 0 saturated heterocycles. The van der Waals surface area contributed by atoms with E-state index in [2.05, 4.69) is 41.4 Å². The number of amides is 1. The highest BCUT2D eigenvalue weighted by Crippen LogP contribution is 2.65. The summed E-state index contributed by atoms with van der Waals surface area (Å²) in [6.07, 6.45) is 5.13. The monoisotopic (exact) mass is 393 g/mol. The lowest BCUT2D eigenvalue weighted by Gasteiger charge is -2.39. The highest BCUT2D eigenvalue weighted by atomic mass is 16.2. The van der Waals surface area contributed by atoms with Crippen molar-refractivity contribution in [2.75, 3.05) is 24.3 Å². The molecule has 0 radical (unpaired) electrons. The van der Waals surface area contributed by atoms with Crippen LogP contribution < -0.4 is 15.5 Å². The minimum atomic E-state index is -0.118. The fourth-order valence-electron chi connectivity index (χ4n) is 5.19. The van der Waals surface area contributed by atoms with Crippen LogP contribution in [0.1, 0.15) is 50.5 Å². The number of hydrogen-bond donors (Lipinski definition) is 2. The molecule has 1 heterocycles. The van der Waals surface area contributed by atoms with Crippen LogP contribution in [0.4, 0.5) is 17.3 Å². The van der Waals surface area contributed by atoms with Crippen molar-refractivity contribution < 1.29 is 4.79 Å². The van der Waals surface area contributed by atoms with Gasteiger partial charge in [-0.05, 0) is 60.3 Å².